The quantitative estimate of drug-likeness (QED) is 0.558. The van der Waals surface area contributed by atoms with Crippen molar-refractivity contribution >= 4 is 34.5 Å². The average molecular weight is 397 g/mol. The fraction of sp³-hybridized carbons (Fsp3) is 0.238. The van der Waals surface area contributed by atoms with E-state index in [2.05, 4.69) is 16.7 Å². The number of benzene rings is 2. The van der Waals surface area contributed by atoms with Crippen molar-refractivity contribution in [2.75, 3.05) is 12.4 Å². The Kier molecular flexibility index (Phi) is 5.00. The van der Waals surface area contributed by atoms with Gasteiger partial charge in [-0.15, -0.1) is 0 Å². The number of rotatable bonds is 6. The lowest BCUT2D eigenvalue weighted by Gasteiger charge is -2.23. The van der Waals surface area contributed by atoms with Crippen molar-refractivity contribution in [2.45, 2.75) is 18.2 Å². The van der Waals surface area contributed by atoms with Crippen LogP contribution in [-0.4, -0.2) is 33.9 Å². The van der Waals surface area contributed by atoms with Crippen molar-refractivity contribution in [1.82, 2.24) is 4.57 Å². The Morgan fingerprint density at radius 2 is 1.96 bits per heavy atom. The summed E-state index contributed by atoms with van der Waals surface area (Å²) in [7, 11) is 0. The molecule has 1 amide bonds. The molecule has 28 heavy (non-hydrogen) atoms. The molecule has 0 aliphatic carbocycles. The van der Waals surface area contributed by atoms with Crippen molar-refractivity contribution in [1.29, 1.82) is 0 Å². The van der Waals surface area contributed by atoms with E-state index in [1.54, 1.807) is 6.07 Å². The third kappa shape index (κ3) is 3.33. The van der Waals surface area contributed by atoms with Gasteiger partial charge in [-0.2, -0.15) is 0 Å². The molecule has 0 fully saturated rings. The zero-order chi connectivity index (χ0) is 19.7. The number of carboxylic acids is 1. The van der Waals surface area contributed by atoms with Crippen LogP contribution in [0.4, 0.5) is 0 Å². The van der Waals surface area contributed by atoms with Crippen LogP contribution in [0.5, 0.6) is 5.75 Å². The molecule has 0 spiro atoms. The number of hydrogen-bond donors (Lipinski definition) is 3. The number of aliphatic carboxylic acids is 1. The molecule has 7 heteroatoms. The molecule has 4 rings (SSSR count). The lowest BCUT2D eigenvalue weighted by atomic mass is 10.0. The molecular weight excluding hydrogens is 376 g/mol. The zero-order valence-electron chi connectivity index (χ0n) is 15.2. The molecule has 3 aromatic rings. The topological polar surface area (TPSA) is 94.6 Å². The van der Waals surface area contributed by atoms with Gasteiger partial charge < -0.3 is 20.1 Å². The number of aromatic nitrogens is 1. The highest BCUT2D eigenvalue weighted by Crippen LogP contribution is 2.45. The van der Waals surface area contributed by atoms with Gasteiger partial charge in [-0.05, 0) is 29.9 Å². The van der Waals surface area contributed by atoms with Gasteiger partial charge in [0.1, 0.15) is 5.75 Å². The predicted molar refractivity (Wildman–Crippen MR) is 110 cm³/mol. The Morgan fingerprint density at radius 1 is 1.18 bits per heavy atom. The molecule has 2 heterocycles. The molecule has 145 valence electrons. The second-order valence-corrected chi connectivity index (χ2v) is 8.05. The highest BCUT2D eigenvalue weighted by Gasteiger charge is 2.32. The molecule has 3 N–H and O–H groups in total. The third-order valence-corrected chi connectivity index (χ3v) is 6.30. The number of hydrogen-bond acceptors (Lipinski definition) is 3. The van der Waals surface area contributed by atoms with Crippen molar-refractivity contribution in [2.24, 2.45) is 5.73 Å². The number of ether oxygens (including phenoxy) is 1. The van der Waals surface area contributed by atoms with Gasteiger partial charge in [0.25, 0.3) is 0 Å². The fourth-order valence-electron chi connectivity index (χ4n) is 3.84. The van der Waals surface area contributed by atoms with Crippen LogP contribution in [0.3, 0.4) is 0 Å². The largest absolute Gasteiger partial charge is 0.481 e. The summed E-state index contributed by atoms with van der Waals surface area (Å²) in [5.41, 5.74) is 9.76. The van der Waals surface area contributed by atoms with E-state index in [4.69, 9.17) is 15.6 Å². The van der Waals surface area contributed by atoms with E-state index in [0.717, 1.165) is 51.7 Å². The van der Waals surface area contributed by atoms with E-state index in [1.807, 2.05) is 30.3 Å². The second-order valence-electron chi connectivity index (χ2n) is 6.73. The van der Waals surface area contributed by atoms with Crippen molar-refractivity contribution < 1.29 is 19.4 Å². The van der Waals surface area contributed by atoms with Crippen molar-refractivity contribution in [3.8, 4) is 5.75 Å². The molecule has 1 radical (unpaired) electrons. The number of nitrogens with zero attached hydrogens (tertiary/aromatic N) is 1. The summed E-state index contributed by atoms with van der Waals surface area (Å²) >= 11 is 0.970. The van der Waals surface area contributed by atoms with Crippen LogP contribution >= 0.6 is 11.8 Å². The average Bonchev–Trinajstić information content (AvgIpc) is 3.01. The number of thiol groups is 1. The Bertz CT molecular complexity index is 1050. The zero-order valence-corrected chi connectivity index (χ0v) is 16.1. The minimum absolute atomic E-state index is 0.366. The summed E-state index contributed by atoms with van der Waals surface area (Å²) in [4.78, 5) is 23.2. The molecule has 0 saturated heterocycles. The van der Waals surface area contributed by atoms with Gasteiger partial charge in [-0.1, -0.05) is 36.4 Å². The minimum atomic E-state index is -1.04. The van der Waals surface area contributed by atoms with Gasteiger partial charge in [-0.3, -0.25) is 4.79 Å². The van der Waals surface area contributed by atoms with Gasteiger partial charge in [0.15, 0.2) is 6.61 Å². The molecule has 1 aliphatic rings. The molecule has 1 aromatic heterocycles. The monoisotopic (exact) mass is 397 g/mol. The summed E-state index contributed by atoms with van der Waals surface area (Å²) in [6.07, 6.45) is 0.834. The van der Waals surface area contributed by atoms with Crippen LogP contribution in [-0.2, 0) is 22.6 Å². The molecular formula is C21H21N2O4S. The number of nitrogens with two attached hydrogens (primary N) is 1. The Morgan fingerprint density at radius 3 is 2.68 bits per heavy atom. The summed E-state index contributed by atoms with van der Waals surface area (Å²) in [5.74, 6) is -0.0725. The first-order valence-corrected chi connectivity index (χ1v) is 10.2. The van der Waals surface area contributed by atoms with Crippen molar-refractivity contribution in [3.05, 3.63) is 65.4 Å². The first-order valence-electron chi connectivity index (χ1n) is 9.04. The van der Waals surface area contributed by atoms with E-state index in [1.165, 1.54) is 0 Å². The third-order valence-electron chi connectivity index (χ3n) is 4.94. The summed E-state index contributed by atoms with van der Waals surface area (Å²) < 4.78 is 7.78. The van der Waals surface area contributed by atoms with E-state index in [9.17, 15) is 9.59 Å². The lowest BCUT2D eigenvalue weighted by molar-refractivity contribution is -0.139. The summed E-state index contributed by atoms with van der Waals surface area (Å²) in [5, 5.41) is 9.40. The first-order chi connectivity index (χ1) is 13.6. The smallest absolute Gasteiger partial charge is 0.341 e. The second kappa shape index (κ2) is 7.59. The van der Waals surface area contributed by atoms with Crippen LogP contribution in [0.2, 0.25) is 0 Å². The molecule has 1 atom stereocenters. The Hall–Kier alpha value is -2.93. The number of carboxylic acid groups (broad SMARTS) is 1. The molecule has 0 saturated carbocycles. The van der Waals surface area contributed by atoms with Gasteiger partial charge >= 0.3 is 5.97 Å². The van der Waals surface area contributed by atoms with Crippen LogP contribution in [0.15, 0.2) is 48.5 Å². The van der Waals surface area contributed by atoms with Crippen LogP contribution in [0, 0.1) is 0 Å². The Balaban J connectivity index is 1.93. The maximum absolute atomic E-state index is 12.2. The highest BCUT2D eigenvalue weighted by molar-refractivity contribution is 8.00. The lowest BCUT2D eigenvalue weighted by Crippen LogP contribution is -2.24. The fourth-order valence-corrected chi connectivity index (χ4v) is 5.08. The normalized spacial score (nSPS) is 15.9. The minimum Gasteiger partial charge on any atom is -0.481 e. The molecule has 0 unspecified atom stereocenters. The van der Waals surface area contributed by atoms with Crippen LogP contribution in [0.1, 0.15) is 22.1 Å². The SMILES string of the molecule is NC(=O)[C@@H]1[SH]CCc2c1c1c(OCC(=O)O)cccc1n2Cc1ccccc1. The van der Waals surface area contributed by atoms with E-state index < -0.39 is 17.8 Å². The number of carbonyl (C=O) groups is 2. The molecule has 0 bridgehead atoms. The van der Waals surface area contributed by atoms with Gasteiger partial charge in [0.05, 0.1) is 10.8 Å². The van der Waals surface area contributed by atoms with Gasteiger partial charge in [-0.25, -0.2) is 16.6 Å². The van der Waals surface area contributed by atoms with E-state index in [0.29, 0.717) is 12.3 Å². The van der Waals surface area contributed by atoms with Crippen LogP contribution < -0.4 is 10.5 Å². The summed E-state index contributed by atoms with van der Waals surface area (Å²) in [6, 6.07) is 15.7. The van der Waals surface area contributed by atoms with Gasteiger partial charge in [0, 0.05) is 23.2 Å². The Labute approximate surface area is 166 Å². The van der Waals surface area contributed by atoms with Gasteiger partial charge in [0.2, 0.25) is 5.91 Å². The number of carbonyl (C=O) groups excluding carboxylic acids is 1. The van der Waals surface area contributed by atoms with E-state index >= 15 is 0 Å². The number of amides is 1. The maximum Gasteiger partial charge on any atom is 0.341 e. The predicted octanol–water partition coefficient (Wildman–Crippen LogP) is 2.70. The molecule has 6 nitrogen and oxygen atoms in total. The first kappa shape index (κ1) is 18.4. The number of primary amides is 1. The highest BCUT2D eigenvalue weighted by atomic mass is 32.2. The van der Waals surface area contributed by atoms with Crippen molar-refractivity contribution in [3.63, 3.8) is 0 Å². The van der Waals surface area contributed by atoms with Crippen LogP contribution in [0.25, 0.3) is 10.9 Å². The maximum atomic E-state index is 12.2. The standard InChI is InChI=1S/C21H21N2O4S/c22-21(26)20-19-15(9-10-28-20)23(11-13-5-2-1-3-6-13)14-7-4-8-16(18(14)19)27-12-17(24)25/h1-8,20,28H,9-12H2,(H2,22,26)(H,24,25)/t20-/m1/s1. The summed E-state index contributed by atoms with van der Waals surface area (Å²) in [6.45, 7) is 0.230. The molecule has 2 aromatic carbocycles. The van der Waals surface area contributed by atoms with E-state index in [-0.39, 0.29) is 5.91 Å². The number of fused-ring (bicyclic) bond motifs is 3. The molecule has 1 aliphatic heterocycles.